The van der Waals surface area contributed by atoms with Gasteiger partial charge in [-0.3, -0.25) is 0 Å². The monoisotopic (exact) mass is 340 g/mol. The number of hydrogen-bond donors (Lipinski definition) is 1. The zero-order chi connectivity index (χ0) is 18.6. The van der Waals surface area contributed by atoms with Crippen molar-refractivity contribution in [1.82, 2.24) is 0 Å². The number of hydrogen-bond acceptors (Lipinski definition) is 3. The van der Waals surface area contributed by atoms with Crippen LogP contribution < -0.4 is 9.47 Å². The number of carboxylic acids is 1. The first-order valence-corrected chi connectivity index (χ1v) is 8.19. The summed E-state index contributed by atoms with van der Waals surface area (Å²) in [7, 11) is 1.58. The van der Waals surface area contributed by atoms with Crippen LogP contribution in [-0.2, 0) is 4.79 Å². The summed E-state index contributed by atoms with van der Waals surface area (Å²) in [5.41, 5.74) is 3.73. The second-order valence-electron chi connectivity index (χ2n) is 6.26. The molecule has 1 N–H and O–H groups in total. The smallest absolute Gasteiger partial charge is 0.336 e. The maximum absolute atomic E-state index is 11.8. The van der Waals surface area contributed by atoms with Gasteiger partial charge in [0.25, 0.3) is 0 Å². The molecule has 2 aromatic carbocycles. The summed E-state index contributed by atoms with van der Waals surface area (Å²) >= 11 is 0. The van der Waals surface area contributed by atoms with E-state index in [0.717, 1.165) is 16.7 Å². The first kappa shape index (κ1) is 18.6. The summed E-state index contributed by atoms with van der Waals surface area (Å²) in [4.78, 5) is 11.8. The molecule has 0 unspecified atom stereocenters. The number of ether oxygens (including phenoxy) is 2. The van der Waals surface area contributed by atoms with Gasteiger partial charge in [-0.15, -0.1) is 0 Å². The first-order chi connectivity index (χ1) is 11.8. The Kier molecular flexibility index (Phi) is 5.86. The fourth-order valence-corrected chi connectivity index (χ4v) is 2.67. The van der Waals surface area contributed by atoms with Crippen molar-refractivity contribution in [1.29, 1.82) is 0 Å². The normalized spacial score (nSPS) is 11.5. The van der Waals surface area contributed by atoms with Crippen LogP contribution in [0.5, 0.6) is 11.5 Å². The Morgan fingerprint density at radius 1 is 1.08 bits per heavy atom. The van der Waals surface area contributed by atoms with Crippen molar-refractivity contribution < 1.29 is 19.4 Å². The Morgan fingerprint density at radius 2 is 1.80 bits per heavy atom. The fourth-order valence-electron chi connectivity index (χ4n) is 2.67. The van der Waals surface area contributed by atoms with Gasteiger partial charge < -0.3 is 14.6 Å². The third-order valence-electron chi connectivity index (χ3n) is 3.76. The number of benzene rings is 2. The minimum Gasteiger partial charge on any atom is -0.493 e. The molecule has 0 spiro atoms. The Balaban J connectivity index is 2.52. The number of aryl methyl sites for hydroxylation is 2. The molecule has 0 amide bonds. The average Bonchev–Trinajstić information content (AvgIpc) is 2.52. The third kappa shape index (κ3) is 4.63. The van der Waals surface area contributed by atoms with Crippen LogP contribution in [0.25, 0.3) is 11.6 Å². The highest BCUT2D eigenvalue weighted by atomic mass is 16.5. The SMILES string of the molecule is COc1ccc(/C=C(\C(=O)O)c2ccc(C)cc2C)cc1OC(C)C. The van der Waals surface area contributed by atoms with Crippen LogP contribution in [0.3, 0.4) is 0 Å². The highest BCUT2D eigenvalue weighted by Crippen LogP contribution is 2.31. The molecule has 0 saturated carbocycles. The Bertz CT molecular complexity index is 804. The molecular weight excluding hydrogens is 316 g/mol. The molecule has 0 saturated heterocycles. The van der Waals surface area contributed by atoms with E-state index >= 15 is 0 Å². The third-order valence-corrected chi connectivity index (χ3v) is 3.76. The zero-order valence-corrected chi connectivity index (χ0v) is 15.3. The van der Waals surface area contributed by atoms with E-state index < -0.39 is 5.97 Å². The zero-order valence-electron chi connectivity index (χ0n) is 15.3. The van der Waals surface area contributed by atoms with Gasteiger partial charge in [-0.1, -0.05) is 29.8 Å². The maximum atomic E-state index is 11.8. The summed E-state index contributed by atoms with van der Waals surface area (Å²) in [6.45, 7) is 7.76. The topological polar surface area (TPSA) is 55.8 Å². The highest BCUT2D eigenvalue weighted by molar-refractivity contribution is 6.21. The standard InChI is InChI=1S/C21H24O4/c1-13(2)25-20-12-16(7-9-19(20)24-5)11-18(21(22)23)17-8-6-14(3)10-15(17)4/h6-13H,1-5H3,(H,22,23)/b18-11-. The summed E-state index contributed by atoms with van der Waals surface area (Å²) in [6, 6.07) is 11.1. The molecule has 0 aliphatic rings. The first-order valence-electron chi connectivity index (χ1n) is 8.19. The second kappa shape index (κ2) is 7.88. The van der Waals surface area contributed by atoms with Crippen molar-refractivity contribution in [3.8, 4) is 11.5 Å². The fraction of sp³-hybridized carbons (Fsp3) is 0.286. The molecular formula is C21H24O4. The number of aliphatic carboxylic acids is 1. The van der Waals surface area contributed by atoms with Crippen molar-refractivity contribution in [2.75, 3.05) is 7.11 Å². The molecule has 132 valence electrons. The lowest BCUT2D eigenvalue weighted by Crippen LogP contribution is -2.07. The van der Waals surface area contributed by atoms with Crippen molar-refractivity contribution in [2.45, 2.75) is 33.8 Å². The lowest BCUT2D eigenvalue weighted by molar-refractivity contribution is -0.130. The maximum Gasteiger partial charge on any atom is 0.336 e. The van der Waals surface area contributed by atoms with E-state index in [9.17, 15) is 9.90 Å². The van der Waals surface area contributed by atoms with E-state index in [1.54, 1.807) is 25.3 Å². The summed E-state index contributed by atoms with van der Waals surface area (Å²) in [6.07, 6.45) is 1.65. The summed E-state index contributed by atoms with van der Waals surface area (Å²) in [5.74, 6) is 0.250. The highest BCUT2D eigenvalue weighted by Gasteiger charge is 2.14. The van der Waals surface area contributed by atoms with Crippen LogP contribution in [0.1, 0.15) is 36.1 Å². The van der Waals surface area contributed by atoms with Gasteiger partial charge in [0.2, 0.25) is 0 Å². The quantitative estimate of drug-likeness (QED) is 0.610. The van der Waals surface area contributed by atoms with E-state index in [0.29, 0.717) is 17.1 Å². The number of carboxylic acid groups (broad SMARTS) is 1. The van der Waals surface area contributed by atoms with Gasteiger partial charge in [-0.25, -0.2) is 4.79 Å². The molecule has 0 aromatic heterocycles. The molecule has 0 radical (unpaired) electrons. The molecule has 4 heteroatoms. The van der Waals surface area contributed by atoms with Crippen molar-refractivity contribution >= 4 is 17.6 Å². The van der Waals surface area contributed by atoms with E-state index in [2.05, 4.69) is 0 Å². The van der Waals surface area contributed by atoms with E-state index in [1.807, 2.05) is 52.0 Å². The van der Waals surface area contributed by atoms with Crippen LogP contribution >= 0.6 is 0 Å². The van der Waals surface area contributed by atoms with Gasteiger partial charge in [0.15, 0.2) is 11.5 Å². The van der Waals surface area contributed by atoms with Crippen LogP contribution in [0.4, 0.5) is 0 Å². The Morgan fingerprint density at radius 3 is 2.36 bits per heavy atom. The van der Waals surface area contributed by atoms with Crippen LogP contribution in [-0.4, -0.2) is 24.3 Å². The van der Waals surface area contributed by atoms with Gasteiger partial charge in [0.1, 0.15) is 0 Å². The lowest BCUT2D eigenvalue weighted by atomic mass is 9.97. The predicted octanol–water partition coefficient (Wildman–Crippen LogP) is 4.72. The van der Waals surface area contributed by atoms with Gasteiger partial charge in [-0.05, 0) is 62.6 Å². The van der Waals surface area contributed by atoms with E-state index in [4.69, 9.17) is 9.47 Å². The number of methoxy groups -OCH3 is 1. The summed E-state index contributed by atoms with van der Waals surface area (Å²) < 4.78 is 11.1. The van der Waals surface area contributed by atoms with Crippen LogP contribution in [0.2, 0.25) is 0 Å². The van der Waals surface area contributed by atoms with E-state index in [-0.39, 0.29) is 11.7 Å². The van der Waals surface area contributed by atoms with Crippen molar-refractivity contribution in [3.05, 3.63) is 58.7 Å². The van der Waals surface area contributed by atoms with Crippen LogP contribution in [0.15, 0.2) is 36.4 Å². The number of carbonyl (C=O) groups is 1. The van der Waals surface area contributed by atoms with Crippen molar-refractivity contribution in [2.24, 2.45) is 0 Å². The molecule has 0 heterocycles. The molecule has 2 aromatic rings. The lowest BCUT2D eigenvalue weighted by Gasteiger charge is -2.14. The average molecular weight is 340 g/mol. The molecule has 0 atom stereocenters. The van der Waals surface area contributed by atoms with Crippen LogP contribution in [0, 0.1) is 13.8 Å². The molecule has 25 heavy (non-hydrogen) atoms. The van der Waals surface area contributed by atoms with E-state index in [1.165, 1.54) is 0 Å². The minimum atomic E-state index is -0.964. The molecule has 2 rings (SSSR count). The minimum absolute atomic E-state index is 0.00795. The molecule has 0 aliphatic heterocycles. The Hall–Kier alpha value is -2.75. The number of rotatable bonds is 6. The van der Waals surface area contributed by atoms with Gasteiger partial charge >= 0.3 is 5.97 Å². The predicted molar refractivity (Wildman–Crippen MR) is 100 cm³/mol. The Labute approximate surface area is 148 Å². The van der Waals surface area contributed by atoms with Gasteiger partial charge in [0.05, 0.1) is 18.8 Å². The molecule has 4 nitrogen and oxygen atoms in total. The molecule has 0 aliphatic carbocycles. The largest absolute Gasteiger partial charge is 0.493 e. The second-order valence-corrected chi connectivity index (χ2v) is 6.26. The molecule has 0 bridgehead atoms. The van der Waals surface area contributed by atoms with Crippen molar-refractivity contribution in [3.63, 3.8) is 0 Å². The molecule has 0 fully saturated rings. The van der Waals surface area contributed by atoms with Gasteiger partial charge in [0, 0.05) is 0 Å². The van der Waals surface area contributed by atoms with Gasteiger partial charge in [-0.2, -0.15) is 0 Å². The summed E-state index contributed by atoms with van der Waals surface area (Å²) in [5, 5.41) is 9.67.